The average Bonchev–Trinajstić information content (AvgIpc) is 2.71. The Balaban J connectivity index is 1.97. The van der Waals surface area contributed by atoms with E-state index in [1.807, 2.05) is 12.1 Å². The molecular formula is C14H9BrCl2N2. The zero-order valence-electron chi connectivity index (χ0n) is 9.75. The Morgan fingerprint density at radius 2 is 1.89 bits per heavy atom. The normalized spacial score (nSPS) is 11.1. The number of nitrogens with zero attached hydrogens (tertiary/aromatic N) is 1. The fourth-order valence-electron chi connectivity index (χ4n) is 1.98. The first kappa shape index (κ1) is 13.0. The molecule has 3 rings (SSSR count). The maximum absolute atomic E-state index is 5.99. The van der Waals surface area contributed by atoms with Crippen molar-refractivity contribution < 1.29 is 0 Å². The van der Waals surface area contributed by atoms with E-state index in [-0.39, 0.29) is 0 Å². The molecule has 0 aliphatic carbocycles. The van der Waals surface area contributed by atoms with Crippen molar-refractivity contribution in [3.05, 3.63) is 62.3 Å². The molecule has 2 aromatic carbocycles. The van der Waals surface area contributed by atoms with E-state index >= 15 is 0 Å². The maximum atomic E-state index is 5.99. The molecule has 0 amide bonds. The zero-order valence-corrected chi connectivity index (χ0v) is 12.9. The van der Waals surface area contributed by atoms with Gasteiger partial charge >= 0.3 is 0 Å². The van der Waals surface area contributed by atoms with Gasteiger partial charge in [0.1, 0.15) is 5.82 Å². The van der Waals surface area contributed by atoms with E-state index in [2.05, 4.69) is 38.0 Å². The van der Waals surface area contributed by atoms with Gasteiger partial charge in [-0.15, -0.1) is 0 Å². The lowest BCUT2D eigenvalue weighted by Crippen LogP contribution is -1.90. The lowest BCUT2D eigenvalue weighted by Gasteiger charge is -1.98. The standard InChI is InChI=1S/C14H9BrCl2N2/c15-9-3-1-2-8(4-9)5-14-18-12-6-10(16)11(17)7-13(12)19-14/h1-4,6-7H,5H2,(H,18,19). The number of aromatic nitrogens is 2. The molecule has 5 heteroatoms. The van der Waals surface area contributed by atoms with E-state index in [1.165, 1.54) is 5.56 Å². The van der Waals surface area contributed by atoms with Crippen LogP contribution < -0.4 is 0 Å². The number of rotatable bonds is 2. The summed E-state index contributed by atoms with van der Waals surface area (Å²) in [5.41, 5.74) is 2.92. The van der Waals surface area contributed by atoms with Gasteiger partial charge < -0.3 is 4.98 Å². The zero-order chi connectivity index (χ0) is 13.4. The van der Waals surface area contributed by atoms with Gasteiger partial charge in [-0.3, -0.25) is 0 Å². The largest absolute Gasteiger partial charge is 0.342 e. The predicted molar refractivity (Wildman–Crippen MR) is 83.1 cm³/mol. The number of imidazole rings is 1. The lowest BCUT2D eigenvalue weighted by atomic mass is 10.1. The second-order valence-electron chi connectivity index (χ2n) is 4.27. The van der Waals surface area contributed by atoms with Crippen molar-refractivity contribution in [3.8, 4) is 0 Å². The van der Waals surface area contributed by atoms with Crippen molar-refractivity contribution in [1.82, 2.24) is 9.97 Å². The van der Waals surface area contributed by atoms with Crippen molar-refractivity contribution in [1.29, 1.82) is 0 Å². The molecule has 1 aromatic heterocycles. The van der Waals surface area contributed by atoms with Crippen LogP contribution in [0.25, 0.3) is 11.0 Å². The van der Waals surface area contributed by atoms with Crippen LogP contribution in [0.15, 0.2) is 40.9 Å². The van der Waals surface area contributed by atoms with Crippen LogP contribution in [0.1, 0.15) is 11.4 Å². The van der Waals surface area contributed by atoms with E-state index in [9.17, 15) is 0 Å². The van der Waals surface area contributed by atoms with Gasteiger partial charge in [0.15, 0.2) is 0 Å². The molecule has 0 atom stereocenters. The van der Waals surface area contributed by atoms with Crippen molar-refractivity contribution in [2.75, 3.05) is 0 Å². The number of aromatic amines is 1. The van der Waals surface area contributed by atoms with Gasteiger partial charge in [0.25, 0.3) is 0 Å². The molecule has 1 heterocycles. The number of halogens is 3. The van der Waals surface area contributed by atoms with Crippen LogP contribution in [-0.2, 0) is 6.42 Å². The summed E-state index contributed by atoms with van der Waals surface area (Å²) in [7, 11) is 0. The number of benzene rings is 2. The van der Waals surface area contributed by atoms with E-state index in [0.717, 1.165) is 27.8 Å². The van der Waals surface area contributed by atoms with E-state index in [0.29, 0.717) is 10.0 Å². The van der Waals surface area contributed by atoms with E-state index in [4.69, 9.17) is 23.2 Å². The minimum Gasteiger partial charge on any atom is -0.342 e. The van der Waals surface area contributed by atoms with Gasteiger partial charge in [-0.1, -0.05) is 51.3 Å². The van der Waals surface area contributed by atoms with Crippen LogP contribution in [0, 0.1) is 0 Å². The SMILES string of the molecule is Clc1cc2nc(Cc3cccc(Br)c3)[nH]c2cc1Cl. The number of fused-ring (bicyclic) bond motifs is 1. The number of hydrogen-bond acceptors (Lipinski definition) is 1. The second kappa shape index (κ2) is 5.16. The first-order valence-corrected chi connectivity index (χ1v) is 7.25. The van der Waals surface area contributed by atoms with Crippen molar-refractivity contribution in [2.45, 2.75) is 6.42 Å². The summed E-state index contributed by atoms with van der Waals surface area (Å²) in [5, 5.41) is 1.06. The minimum absolute atomic E-state index is 0.523. The quantitative estimate of drug-likeness (QED) is 0.670. The van der Waals surface area contributed by atoms with Crippen LogP contribution in [0.5, 0.6) is 0 Å². The Morgan fingerprint density at radius 1 is 1.11 bits per heavy atom. The molecule has 0 spiro atoms. The van der Waals surface area contributed by atoms with Gasteiger partial charge in [0.05, 0.1) is 21.1 Å². The third kappa shape index (κ3) is 2.78. The highest BCUT2D eigenvalue weighted by atomic mass is 79.9. The highest BCUT2D eigenvalue weighted by Gasteiger charge is 2.07. The average molecular weight is 356 g/mol. The summed E-state index contributed by atoms with van der Waals surface area (Å²) in [5.74, 6) is 0.895. The Bertz CT molecular complexity index is 713. The predicted octanol–water partition coefficient (Wildman–Crippen LogP) is 5.22. The Morgan fingerprint density at radius 3 is 2.68 bits per heavy atom. The molecule has 0 saturated carbocycles. The monoisotopic (exact) mass is 354 g/mol. The molecule has 19 heavy (non-hydrogen) atoms. The fraction of sp³-hybridized carbons (Fsp3) is 0.0714. The second-order valence-corrected chi connectivity index (χ2v) is 6.00. The highest BCUT2D eigenvalue weighted by molar-refractivity contribution is 9.10. The third-order valence-electron chi connectivity index (χ3n) is 2.83. The molecule has 0 bridgehead atoms. The molecule has 0 fully saturated rings. The molecular weight excluding hydrogens is 347 g/mol. The summed E-state index contributed by atoms with van der Waals surface area (Å²) < 4.78 is 1.06. The molecule has 0 radical (unpaired) electrons. The molecule has 0 aliphatic rings. The van der Waals surface area contributed by atoms with E-state index < -0.39 is 0 Å². The van der Waals surface area contributed by atoms with E-state index in [1.54, 1.807) is 12.1 Å². The fourth-order valence-corrected chi connectivity index (χ4v) is 2.75. The summed E-state index contributed by atoms with van der Waals surface area (Å²) in [6, 6.07) is 11.7. The van der Waals surface area contributed by atoms with Gasteiger partial charge in [-0.25, -0.2) is 4.98 Å². The number of H-pyrrole nitrogens is 1. The van der Waals surface area contributed by atoms with Crippen LogP contribution in [0.3, 0.4) is 0 Å². The first-order valence-electron chi connectivity index (χ1n) is 5.70. The number of nitrogens with one attached hydrogen (secondary N) is 1. The molecule has 0 saturated heterocycles. The van der Waals surface area contributed by atoms with Gasteiger partial charge in [-0.2, -0.15) is 0 Å². The maximum Gasteiger partial charge on any atom is 0.111 e. The molecule has 1 N–H and O–H groups in total. The third-order valence-corrected chi connectivity index (χ3v) is 4.05. The smallest absolute Gasteiger partial charge is 0.111 e. The summed E-state index contributed by atoms with van der Waals surface area (Å²) in [6.45, 7) is 0. The molecule has 0 aliphatic heterocycles. The molecule has 2 nitrogen and oxygen atoms in total. The van der Waals surface area contributed by atoms with Gasteiger partial charge in [-0.05, 0) is 29.8 Å². The topological polar surface area (TPSA) is 28.7 Å². The summed E-state index contributed by atoms with van der Waals surface area (Å²) in [6.07, 6.45) is 0.739. The van der Waals surface area contributed by atoms with Crippen LogP contribution >= 0.6 is 39.1 Å². The highest BCUT2D eigenvalue weighted by Crippen LogP contribution is 2.27. The Labute approximate surface area is 128 Å². The molecule has 0 unspecified atom stereocenters. The molecule has 3 aromatic rings. The summed E-state index contributed by atoms with van der Waals surface area (Å²) in [4.78, 5) is 7.79. The molecule has 96 valence electrons. The van der Waals surface area contributed by atoms with Crippen LogP contribution in [0.4, 0.5) is 0 Å². The lowest BCUT2D eigenvalue weighted by molar-refractivity contribution is 1.04. The van der Waals surface area contributed by atoms with Crippen LogP contribution in [-0.4, -0.2) is 9.97 Å². The minimum atomic E-state index is 0.523. The first-order chi connectivity index (χ1) is 9.11. The van der Waals surface area contributed by atoms with Gasteiger partial charge in [0, 0.05) is 10.9 Å². The van der Waals surface area contributed by atoms with Crippen molar-refractivity contribution >= 4 is 50.2 Å². The Hall–Kier alpha value is -1.03. The van der Waals surface area contributed by atoms with Gasteiger partial charge in [0.2, 0.25) is 0 Å². The number of hydrogen-bond donors (Lipinski definition) is 1. The van der Waals surface area contributed by atoms with Crippen LogP contribution in [0.2, 0.25) is 10.0 Å². The Kier molecular flexibility index (Phi) is 3.52. The van der Waals surface area contributed by atoms with Crippen molar-refractivity contribution in [2.24, 2.45) is 0 Å². The summed E-state index contributed by atoms with van der Waals surface area (Å²) >= 11 is 15.4. The van der Waals surface area contributed by atoms with Crippen molar-refractivity contribution in [3.63, 3.8) is 0 Å².